The van der Waals surface area contributed by atoms with Crippen LogP contribution < -0.4 is 15.8 Å². The van der Waals surface area contributed by atoms with Gasteiger partial charge in [-0.3, -0.25) is 0 Å². The smallest absolute Gasteiger partial charge is 0.333 e. The monoisotopic (exact) mass is 867 g/mol. The molecule has 328 valence electrons. The molecule has 0 amide bonds. The van der Waals surface area contributed by atoms with E-state index in [2.05, 4.69) is 253 Å². The molecule has 0 spiro atoms. The lowest BCUT2D eigenvalue weighted by Crippen LogP contribution is -2.56. The van der Waals surface area contributed by atoms with E-state index in [1.165, 1.54) is 105 Å². The molecule has 3 nitrogen and oxygen atoms in total. The third-order valence-corrected chi connectivity index (χ3v) is 14.9. The second-order valence-corrected chi connectivity index (χ2v) is 22.3. The van der Waals surface area contributed by atoms with Gasteiger partial charge in [-0.15, -0.1) is 0 Å². The first-order chi connectivity index (χ1) is 32.1. The molecule has 12 rings (SSSR count). The number of benzene rings is 8. The van der Waals surface area contributed by atoms with Gasteiger partial charge in [0, 0.05) is 55.6 Å². The van der Waals surface area contributed by atoms with E-state index in [0.29, 0.717) is 0 Å². The van der Waals surface area contributed by atoms with Crippen molar-refractivity contribution in [2.45, 2.75) is 85.5 Å². The summed E-state index contributed by atoms with van der Waals surface area (Å²) in [5.74, 6) is 0. The van der Waals surface area contributed by atoms with Gasteiger partial charge >= 0.3 is 6.85 Å². The van der Waals surface area contributed by atoms with Crippen molar-refractivity contribution in [2.24, 2.45) is 0 Å². The van der Waals surface area contributed by atoms with Crippen LogP contribution in [0.5, 0.6) is 0 Å². The van der Waals surface area contributed by atoms with Crippen molar-refractivity contribution in [3.8, 4) is 39.2 Å². The van der Waals surface area contributed by atoms with Crippen LogP contribution in [-0.2, 0) is 16.2 Å². The van der Waals surface area contributed by atoms with Gasteiger partial charge in [0.1, 0.15) is 0 Å². The Morgan fingerprint density at radius 2 is 1.06 bits per heavy atom. The Kier molecular flexibility index (Phi) is 8.95. The van der Waals surface area contributed by atoms with Crippen molar-refractivity contribution < 1.29 is 0 Å². The SMILES string of the molecule is Cc1ccccc1-c1c(-c2ccccc2)n2c3c(ccc(N(c4ccccc4)c4ccccc4)c13)-c1cc(C(C)(C)C)cc3c1B2c1cc(C(C)(C)C)cc2c4cc(C(C)(C)C)ccc4n-3c12. The van der Waals surface area contributed by atoms with Crippen LogP contribution in [-0.4, -0.2) is 15.9 Å². The molecule has 0 atom stereocenters. The molecular formula is C63H58BN3. The fourth-order valence-corrected chi connectivity index (χ4v) is 11.4. The Balaban J connectivity index is 1.34. The second kappa shape index (κ2) is 14.5. The van der Waals surface area contributed by atoms with Crippen molar-refractivity contribution in [2.75, 3.05) is 4.90 Å². The van der Waals surface area contributed by atoms with Crippen LogP contribution in [0.1, 0.15) is 84.6 Å². The quantitative estimate of drug-likeness (QED) is 0.157. The number of rotatable bonds is 5. The molecule has 0 unspecified atom stereocenters. The standard InChI is InChI=1S/C63H58BN3/c1-39-22-20-21-29-46(39)55-56-53(65(44-25-16-12-17-26-44)45-27-18-13-19-28-45)33-31-47-49-35-43(63(8,9)10)38-54-57(49)64(67(60(47)56)58(55)40-23-14-11-15-24-40)51-37-42(62(5,6)7)36-50-48-34-41(61(2,3)4)30-32-52(48)66(54)59(50)51/h11-38H,1-10H3. The molecule has 0 N–H and O–H groups in total. The second-order valence-electron chi connectivity index (χ2n) is 22.3. The number of hydrogen-bond donors (Lipinski definition) is 0. The molecule has 67 heavy (non-hydrogen) atoms. The average Bonchev–Trinajstić information content (AvgIpc) is 3.84. The van der Waals surface area contributed by atoms with Gasteiger partial charge in [-0.05, 0) is 128 Å². The number of fused-ring (bicyclic) bond motifs is 7. The summed E-state index contributed by atoms with van der Waals surface area (Å²) >= 11 is 0. The van der Waals surface area contributed by atoms with E-state index >= 15 is 0 Å². The van der Waals surface area contributed by atoms with Crippen LogP contribution in [0.3, 0.4) is 0 Å². The summed E-state index contributed by atoms with van der Waals surface area (Å²) in [6.07, 6.45) is 0. The summed E-state index contributed by atoms with van der Waals surface area (Å²) in [6, 6.07) is 64.5. The molecule has 2 aliphatic rings. The lowest BCUT2D eigenvalue weighted by Gasteiger charge is -2.37. The van der Waals surface area contributed by atoms with E-state index < -0.39 is 0 Å². The third kappa shape index (κ3) is 6.18. The number of nitrogens with zero attached hydrogens (tertiary/aromatic N) is 3. The molecule has 0 aliphatic carbocycles. The zero-order valence-electron chi connectivity index (χ0n) is 40.6. The number of aryl methyl sites for hydroxylation is 1. The summed E-state index contributed by atoms with van der Waals surface area (Å²) in [4.78, 5) is 2.48. The van der Waals surface area contributed by atoms with Gasteiger partial charge in [-0.1, -0.05) is 178 Å². The number of para-hydroxylation sites is 2. The van der Waals surface area contributed by atoms with E-state index in [9.17, 15) is 0 Å². The molecular weight excluding hydrogens is 810 g/mol. The fraction of sp³-hybridized carbons (Fsp3) is 0.206. The maximum absolute atomic E-state index is 2.80. The van der Waals surface area contributed by atoms with Crippen LogP contribution in [0.25, 0.3) is 71.9 Å². The predicted molar refractivity (Wildman–Crippen MR) is 289 cm³/mol. The van der Waals surface area contributed by atoms with Gasteiger partial charge in [0.05, 0.1) is 16.7 Å². The molecule has 0 saturated heterocycles. The van der Waals surface area contributed by atoms with Gasteiger partial charge < -0.3 is 13.9 Å². The van der Waals surface area contributed by atoms with Crippen LogP contribution in [0.15, 0.2) is 170 Å². The van der Waals surface area contributed by atoms with Crippen LogP contribution in [0.2, 0.25) is 0 Å². The molecule has 2 aliphatic heterocycles. The highest BCUT2D eigenvalue weighted by Crippen LogP contribution is 2.54. The Labute approximate surface area is 396 Å². The lowest BCUT2D eigenvalue weighted by molar-refractivity contribution is 0.590. The van der Waals surface area contributed by atoms with E-state index in [-0.39, 0.29) is 23.1 Å². The molecule has 0 bridgehead atoms. The number of hydrogen-bond acceptors (Lipinski definition) is 1. The van der Waals surface area contributed by atoms with Crippen molar-refractivity contribution >= 4 is 67.5 Å². The van der Waals surface area contributed by atoms with Crippen LogP contribution >= 0.6 is 0 Å². The first kappa shape index (κ1) is 41.4. The minimum Gasteiger partial charge on any atom is -0.375 e. The maximum Gasteiger partial charge on any atom is 0.333 e. The third-order valence-electron chi connectivity index (χ3n) is 14.9. The normalized spacial score (nSPS) is 13.2. The largest absolute Gasteiger partial charge is 0.375 e. The highest BCUT2D eigenvalue weighted by molar-refractivity contribution is 6.90. The Morgan fingerprint density at radius 3 is 1.69 bits per heavy atom. The summed E-state index contributed by atoms with van der Waals surface area (Å²) in [7, 11) is 0. The predicted octanol–water partition coefficient (Wildman–Crippen LogP) is 15.7. The molecule has 4 heterocycles. The molecule has 8 aromatic carbocycles. The molecule has 0 saturated carbocycles. The fourth-order valence-electron chi connectivity index (χ4n) is 11.4. The molecule has 4 heteroatoms. The summed E-state index contributed by atoms with van der Waals surface area (Å²) < 4.78 is 5.45. The van der Waals surface area contributed by atoms with Gasteiger partial charge in [-0.2, -0.15) is 0 Å². The van der Waals surface area contributed by atoms with E-state index in [4.69, 9.17) is 0 Å². The average molecular weight is 868 g/mol. The summed E-state index contributed by atoms with van der Waals surface area (Å²) in [5, 5.41) is 3.92. The summed E-state index contributed by atoms with van der Waals surface area (Å²) in [5.41, 5.74) is 24.0. The Morgan fingerprint density at radius 1 is 0.478 bits per heavy atom. The zero-order valence-corrected chi connectivity index (χ0v) is 40.6. The van der Waals surface area contributed by atoms with Crippen molar-refractivity contribution in [3.63, 3.8) is 0 Å². The highest BCUT2D eigenvalue weighted by atomic mass is 15.1. The van der Waals surface area contributed by atoms with Gasteiger partial charge in [0.15, 0.2) is 0 Å². The van der Waals surface area contributed by atoms with Crippen molar-refractivity contribution in [3.05, 3.63) is 192 Å². The minimum absolute atomic E-state index is 0.00320. The zero-order chi connectivity index (χ0) is 46.3. The maximum atomic E-state index is 2.80. The number of aromatic nitrogens is 2. The van der Waals surface area contributed by atoms with Gasteiger partial charge in [-0.25, -0.2) is 0 Å². The molecule has 10 aromatic rings. The van der Waals surface area contributed by atoms with Gasteiger partial charge in [0.2, 0.25) is 0 Å². The molecule has 0 radical (unpaired) electrons. The molecule has 2 aromatic heterocycles. The first-order valence-electron chi connectivity index (χ1n) is 24.1. The molecule has 0 fully saturated rings. The minimum atomic E-state index is -0.122. The van der Waals surface area contributed by atoms with Crippen molar-refractivity contribution in [1.82, 2.24) is 9.05 Å². The number of anilines is 3. The van der Waals surface area contributed by atoms with Crippen LogP contribution in [0, 0.1) is 6.92 Å². The van der Waals surface area contributed by atoms with E-state index in [0.717, 1.165) is 17.1 Å². The summed E-state index contributed by atoms with van der Waals surface area (Å²) in [6.45, 7) is 23.4. The van der Waals surface area contributed by atoms with Gasteiger partial charge in [0.25, 0.3) is 0 Å². The first-order valence-corrected chi connectivity index (χ1v) is 24.1. The lowest BCUT2D eigenvalue weighted by atomic mass is 9.45. The Bertz CT molecular complexity index is 3590. The Hall–Kier alpha value is -7.04. The highest BCUT2D eigenvalue weighted by Gasteiger charge is 2.45. The van der Waals surface area contributed by atoms with Crippen LogP contribution in [0.4, 0.5) is 17.1 Å². The topological polar surface area (TPSA) is 13.1 Å². The van der Waals surface area contributed by atoms with E-state index in [1.54, 1.807) is 0 Å². The van der Waals surface area contributed by atoms with Crippen molar-refractivity contribution in [1.29, 1.82) is 0 Å². The van der Waals surface area contributed by atoms with E-state index in [1.807, 2.05) is 0 Å².